The number of aliphatic hydroxyl groups excluding tert-OH is 1. The van der Waals surface area contributed by atoms with Crippen molar-refractivity contribution in [3.63, 3.8) is 0 Å². The van der Waals surface area contributed by atoms with Crippen LogP contribution >= 0.6 is 0 Å². The van der Waals surface area contributed by atoms with Crippen LogP contribution in [0.4, 0.5) is 0 Å². The van der Waals surface area contributed by atoms with E-state index >= 15 is 0 Å². The summed E-state index contributed by atoms with van der Waals surface area (Å²) in [7, 11) is 0. The third kappa shape index (κ3) is 3.20. The molecule has 1 aromatic heterocycles. The van der Waals surface area contributed by atoms with Crippen molar-refractivity contribution in [2.75, 3.05) is 6.54 Å². The molecule has 0 saturated heterocycles. The summed E-state index contributed by atoms with van der Waals surface area (Å²) in [6.45, 7) is 6.43. The van der Waals surface area contributed by atoms with Crippen LogP contribution in [0.2, 0.25) is 0 Å². The lowest BCUT2D eigenvalue weighted by molar-refractivity contribution is 0.0950. The number of benzene rings is 1. The molecule has 0 radical (unpaired) electrons. The molecule has 1 heterocycles. The Kier molecular flexibility index (Phi) is 4.45. The minimum absolute atomic E-state index is 0.0595. The first kappa shape index (κ1) is 14.6. The lowest BCUT2D eigenvalue weighted by atomic mass is 10.1. The molecular weight excluding hydrogens is 252 g/mol. The molecule has 2 rings (SSSR count). The molecular formula is C16H22N2O2. The Morgan fingerprint density at radius 1 is 1.40 bits per heavy atom. The first-order chi connectivity index (χ1) is 9.49. The molecule has 0 fully saturated rings. The number of carbonyl (C=O) groups is 1. The van der Waals surface area contributed by atoms with Gasteiger partial charge in [0, 0.05) is 28.7 Å². The lowest BCUT2D eigenvalue weighted by Crippen LogP contribution is -2.25. The first-order valence-corrected chi connectivity index (χ1v) is 7.04. The summed E-state index contributed by atoms with van der Waals surface area (Å²) in [6.07, 6.45) is 1.18. The quantitative estimate of drug-likeness (QED) is 0.734. The van der Waals surface area contributed by atoms with Gasteiger partial charge in [-0.15, -0.1) is 0 Å². The molecule has 0 spiro atoms. The van der Waals surface area contributed by atoms with E-state index in [1.807, 2.05) is 25.1 Å². The summed E-state index contributed by atoms with van der Waals surface area (Å²) < 4.78 is 0. The third-order valence-electron chi connectivity index (χ3n) is 3.65. The molecule has 1 unspecified atom stereocenters. The number of nitrogens with one attached hydrogen (secondary N) is 2. The van der Waals surface area contributed by atoms with E-state index in [0.29, 0.717) is 18.5 Å². The summed E-state index contributed by atoms with van der Waals surface area (Å²) in [5.41, 5.74) is 4.06. The van der Waals surface area contributed by atoms with Gasteiger partial charge in [0.1, 0.15) is 0 Å². The molecule has 4 nitrogen and oxygen atoms in total. The summed E-state index contributed by atoms with van der Waals surface area (Å²) in [4.78, 5) is 15.4. The Morgan fingerprint density at radius 2 is 2.15 bits per heavy atom. The van der Waals surface area contributed by atoms with Crippen molar-refractivity contribution in [2.24, 2.45) is 0 Å². The van der Waals surface area contributed by atoms with E-state index in [-0.39, 0.29) is 12.0 Å². The van der Waals surface area contributed by atoms with Crippen molar-refractivity contribution in [3.05, 3.63) is 35.0 Å². The zero-order valence-electron chi connectivity index (χ0n) is 12.3. The average Bonchev–Trinajstić information content (AvgIpc) is 2.69. The number of carbonyl (C=O) groups excluding carboxylic acids is 1. The number of fused-ring (bicyclic) bond motifs is 1. The van der Waals surface area contributed by atoms with Crippen molar-refractivity contribution in [3.8, 4) is 0 Å². The fourth-order valence-electron chi connectivity index (χ4n) is 2.30. The number of aryl methyl sites for hydroxylation is 2. The van der Waals surface area contributed by atoms with Crippen LogP contribution in [-0.4, -0.2) is 28.6 Å². The number of aromatic nitrogens is 1. The van der Waals surface area contributed by atoms with Crippen LogP contribution in [0.5, 0.6) is 0 Å². The topological polar surface area (TPSA) is 65.1 Å². The van der Waals surface area contributed by atoms with Gasteiger partial charge in [-0.1, -0.05) is 0 Å². The van der Waals surface area contributed by atoms with Crippen LogP contribution in [0, 0.1) is 13.8 Å². The normalized spacial score (nSPS) is 12.6. The van der Waals surface area contributed by atoms with Crippen LogP contribution in [0.3, 0.4) is 0 Å². The fourth-order valence-corrected chi connectivity index (χ4v) is 2.30. The van der Waals surface area contributed by atoms with E-state index in [1.165, 1.54) is 5.56 Å². The largest absolute Gasteiger partial charge is 0.393 e. The highest BCUT2D eigenvalue weighted by atomic mass is 16.3. The summed E-state index contributed by atoms with van der Waals surface area (Å²) >= 11 is 0. The van der Waals surface area contributed by atoms with Gasteiger partial charge in [0.15, 0.2) is 0 Å². The number of aromatic amines is 1. The van der Waals surface area contributed by atoms with Crippen molar-refractivity contribution >= 4 is 16.8 Å². The Hall–Kier alpha value is -1.81. The van der Waals surface area contributed by atoms with E-state index in [2.05, 4.69) is 17.2 Å². The highest BCUT2D eigenvalue weighted by Gasteiger charge is 2.09. The molecule has 0 aliphatic rings. The minimum Gasteiger partial charge on any atom is -0.393 e. The summed E-state index contributed by atoms with van der Waals surface area (Å²) in [6, 6.07) is 5.71. The molecule has 3 N–H and O–H groups in total. The number of aliphatic hydroxyl groups is 1. The highest BCUT2D eigenvalue weighted by molar-refractivity contribution is 5.99. The zero-order chi connectivity index (χ0) is 14.7. The van der Waals surface area contributed by atoms with Crippen LogP contribution in [0.1, 0.15) is 41.4 Å². The molecule has 20 heavy (non-hydrogen) atoms. The molecule has 108 valence electrons. The molecule has 0 aliphatic heterocycles. The van der Waals surface area contributed by atoms with Gasteiger partial charge in [-0.05, 0) is 57.4 Å². The maximum atomic E-state index is 12.1. The maximum absolute atomic E-state index is 12.1. The highest BCUT2D eigenvalue weighted by Crippen LogP contribution is 2.22. The van der Waals surface area contributed by atoms with E-state index in [4.69, 9.17) is 5.11 Å². The van der Waals surface area contributed by atoms with Gasteiger partial charge in [0.05, 0.1) is 6.10 Å². The van der Waals surface area contributed by atoms with E-state index in [1.54, 1.807) is 6.92 Å². The summed E-state index contributed by atoms with van der Waals surface area (Å²) in [5.74, 6) is -0.0595. The van der Waals surface area contributed by atoms with Gasteiger partial charge in [-0.3, -0.25) is 4.79 Å². The summed E-state index contributed by atoms with van der Waals surface area (Å²) in [5, 5.41) is 13.2. The van der Waals surface area contributed by atoms with E-state index < -0.39 is 0 Å². The van der Waals surface area contributed by atoms with Crippen molar-refractivity contribution < 1.29 is 9.90 Å². The number of amides is 1. The van der Waals surface area contributed by atoms with Crippen LogP contribution in [0.25, 0.3) is 10.9 Å². The minimum atomic E-state index is -0.311. The molecule has 1 amide bonds. The molecule has 0 saturated carbocycles. The Balaban J connectivity index is 2.05. The number of rotatable bonds is 5. The van der Waals surface area contributed by atoms with Gasteiger partial charge in [-0.25, -0.2) is 0 Å². The lowest BCUT2D eigenvalue weighted by Gasteiger charge is -2.07. The molecule has 1 atom stereocenters. The smallest absolute Gasteiger partial charge is 0.251 e. The van der Waals surface area contributed by atoms with Gasteiger partial charge in [-0.2, -0.15) is 0 Å². The molecule has 2 aromatic rings. The zero-order valence-corrected chi connectivity index (χ0v) is 12.3. The third-order valence-corrected chi connectivity index (χ3v) is 3.65. The number of H-pyrrole nitrogens is 1. The molecule has 4 heteroatoms. The Morgan fingerprint density at radius 3 is 2.85 bits per heavy atom. The molecule has 1 aromatic carbocycles. The molecule has 0 bridgehead atoms. The van der Waals surface area contributed by atoms with E-state index in [0.717, 1.165) is 23.0 Å². The average molecular weight is 274 g/mol. The SMILES string of the molecule is Cc1[nH]c2ccc(C(=O)NCCCC(C)O)cc2c1C. The Bertz CT molecular complexity index is 614. The molecule has 0 aliphatic carbocycles. The standard InChI is InChI=1S/C16H22N2O2/c1-10(19)5-4-8-17-16(20)13-6-7-15-14(9-13)11(2)12(3)18-15/h6-7,9-10,18-19H,4-5,8H2,1-3H3,(H,17,20). The monoisotopic (exact) mass is 274 g/mol. The second-order valence-corrected chi connectivity index (χ2v) is 5.38. The van der Waals surface area contributed by atoms with Crippen LogP contribution in [0.15, 0.2) is 18.2 Å². The van der Waals surface area contributed by atoms with Crippen molar-refractivity contribution in [1.82, 2.24) is 10.3 Å². The van der Waals surface area contributed by atoms with Gasteiger partial charge < -0.3 is 15.4 Å². The Labute approximate surface area is 119 Å². The van der Waals surface area contributed by atoms with Gasteiger partial charge in [0.25, 0.3) is 5.91 Å². The second kappa shape index (κ2) is 6.09. The van der Waals surface area contributed by atoms with Gasteiger partial charge >= 0.3 is 0 Å². The van der Waals surface area contributed by atoms with E-state index in [9.17, 15) is 4.79 Å². The first-order valence-electron chi connectivity index (χ1n) is 7.04. The van der Waals surface area contributed by atoms with Crippen molar-refractivity contribution in [2.45, 2.75) is 39.7 Å². The fraction of sp³-hybridized carbons (Fsp3) is 0.438. The predicted molar refractivity (Wildman–Crippen MR) is 81.0 cm³/mol. The van der Waals surface area contributed by atoms with Crippen LogP contribution in [-0.2, 0) is 0 Å². The maximum Gasteiger partial charge on any atom is 0.251 e. The predicted octanol–water partition coefficient (Wildman–Crippen LogP) is 2.68. The second-order valence-electron chi connectivity index (χ2n) is 5.38. The number of hydrogen-bond donors (Lipinski definition) is 3. The van der Waals surface area contributed by atoms with Gasteiger partial charge in [0.2, 0.25) is 0 Å². The van der Waals surface area contributed by atoms with Crippen LogP contribution < -0.4 is 5.32 Å². The van der Waals surface area contributed by atoms with Crippen molar-refractivity contribution in [1.29, 1.82) is 0 Å². The number of hydrogen-bond acceptors (Lipinski definition) is 2.